The maximum Gasteiger partial charge on any atom is 0.310 e. The molecule has 0 aromatic heterocycles. The number of likely N-dealkylation sites (tertiary alicyclic amines) is 1. The van der Waals surface area contributed by atoms with Crippen molar-refractivity contribution < 1.29 is 23.0 Å². The Morgan fingerprint density at radius 3 is 2.77 bits per heavy atom. The Balaban J connectivity index is 1.92. The standard InChI is InChI=1S/C18H25F2N3O3/c1-4-21-18(23-10-12(2)14(11-23)17(24)25-3)22-7-8-26-13-5-6-15(19)16(20)9-13/h5-6,9,12,14H,4,7-8,10-11H2,1-3H3,(H,21,22). The molecule has 1 aromatic rings. The minimum Gasteiger partial charge on any atom is -0.492 e. The molecule has 2 unspecified atom stereocenters. The van der Waals surface area contributed by atoms with Gasteiger partial charge in [0.25, 0.3) is 0 Å². The molecule has 0 saturated carbocycles. The Bertz CT molecular complexity index is 655. The van der Waals surface area contributed by atoms with E-state index in [0.717, 1.165) is 12.1 Å². The number of esters is 1. The number of rotatable bonds is 6. The number of hydrogen-bond acceptors (Lipinski definition) is 4. The predicted molar refractivity (Wildman–Crippen MR) is 94.1 cm³/mol. The van der Waals surface area contributed by atoms with E-state index in [9.17, 15) is 13.6 Å². The van der Waals surface area contributed by atoms with Crippen molar-refractivity contribution in [2.45, 2.75) is 13.8 Å². The molecule has 144 valence electrons. The Labute approximate surface area is 152 Å². The minimum atomic E-state index is -0.945. The Kier molecular flexibility index (Phi) is 7.17. The Hall–Kier alpha value is -2.38. The summed E-state index contributed by atoms with van der Waals surface area (Å²) < 4.78 is 36.3. The predicted octanol–water partition coefficient (Wildman–Crippen LogP) is 2.05. The number of methoxy groups -OCH3 is 1. The maximum atomic E-state index is 13.2. The van der Waals surface area contributed by atoms with Gasteiger partial charge < -0.3 is 19.7 Å². The van der Waals surface area contributed by atoms with Crippen molar-refractivity contribution in [2.24, 2.45) is 16.8 Å². The van der Waals surface area contributed by atoms with Crippen LogP contribution in [0.2, 0.25) is 0 Å². The monoisotopic (exact) mass is 369 g/mol. The highest BCUT2D eigenvalue weighted by atomic mass is 19.2. The van der Waals surface area contributed by atoms with Crippen LogP contribution in [0, 0.1) is 23.5 Å². The normalized spacial score (nSPS) is 20.2. The first-order valence-corrected chi connectivity index (χ1v) is 8.65. The van der Waals surface area contributed by atoms with E-state index in [1.54, 1.807) is 0 Å². The summed E-state index contributed by atoms with van der Waals surface area (Å²) >= 11 is 0. The largest absolute Gasteiger partial charge is 0.492 e. The molecule has 1 saturated heterocycles. The van der Waals surface area contributed by atoms with Crippen LogP contribution in [-0.4, -0.2) is 56.7 Å². The lowest BCUT2D eigenvalue weighted by Gasteiger charge is -2.21. The smallest absolute Gasteiger partial charge is 0.310 e. The summed E-state index contributed by atoms with van der Waals surface area (Å²) in [5, 5.41) is 3.20. The van der Waals surface area contributed by atoms with Crippen molar-refractivity contribution in [3.63, 3.8) is 0 Å². The third-order valence-electron chi connectivity index (χ3n) is 4.26. The van der Waals surface area contributed by atoms with Crippen molar-refractivity contribution in [2.75, 3.05) is 39.9 Å². The zero-order valence-corrected chi connectivity index (χ0v) is 15.3. The molecule has 0 aliphatic carbocycles. The quantitative estimate of drug-likeness (QED) is 0.360. The number of hydrogen-bond donors (Lipinski definition) is 1. The van der Waals surface area contributed by atoms with Crippen molar-refractivity contribution in [1.82, 2.24) is 10.2 Å². The summed E-state index contributed by atoms with van der Waals surface area (Å²) in [5.41, 5.74) is 0. The van der Waals surface area contributed by atoms with Crippen molar-refractivity contribution in [1.29, 1.82) is 0 Å². The summed E-state index contributed by atoms with van der Waals surface area (Å²) in [6.45, 7) is 6.48. The number of carbonyl (C=O) groups excluding carboxylic acids is 1. The molecule has 8 heteroatoms. The number of guanidine groups is 1. The van der Waals surface area contributed by atoms with Gasteiger partial charge in [0.2, 0.25) is 0 Å². The second kappa shape index (κ2) is 9.35. The lowest BCUT2D eigenvalue weighted by Crippen LogP contribution is -2.41. The number of carbonyl (C=O) groups is 1. The van der Waals surface area contributed by atoms with Gasteiger partial charge in [-0.25, -0.2) is 13.8 Å². The van der Waals surface area contributed by atoms with Crippen LogP contribution in [0.3, 0.4) is 0 Å². The number of nitrogens with one attached hydrogen (secondary N) is 1. The first-order chi connectivity index (χ1) is 12.5. The summed E-state index contributed by atoms with van der Waals surface area (Å²) in [6, 6.07) is 3.40. The van der Waals surface area contributed by atoms with Crippen LogP contribution in [0.15, 0.2) is 23.2 Å². The fraction of sp³-hybridized carbons (Fsp3) is 0.556. The Morgan fingerprint density at radius 1 is 1.35 bits per heavy atom. The molecule has 1 aliphatic rings. The number of ether oxygens (including phenoxy) is 2. The average molecular weight is 369 g/mol. The van der Waals surface area contributed by atoms with E-state index in [-0.39, 0.29) is 30.2 Å². The third kappa shape index (κ3) is 5.06. The van der Waals surface area contributed by atoms with Crippen LogP contribution in [0.4, 0.5) is 8.78 Å². The SMILES string of the molecule is CCNC(=NCCOc1ccc(F)c(F)c1)N1CC(C)C(C(=O)OC)C1. The summed E-state index contributed by atoms with van der Waals surface area (Å²) in [6.07, 6.45) is 0. The molecule has 26 heavy (non-hydrogen) atoms. The van der Waals surface area contributed by atoms with Gasteiger partial charge >= 0.3 is 5.97 Å². The van der Waals surface area contributed by atoms with Gasteiger partial charge in [-0.05, 0) is 25.0 Å². The van der Waals surface area contributed by atoms with Gasteiger partial charge in [-0.1, -0.05) is 6.92 Å². The van der Waals surface area contributed by atoms with Crippen LogP contribution in [0.1, 0.15) is 13.8 Å². The fourth-order valence-electron chi connectivity index (χ4n) is 2.91. The molecule has 1 aromatic carbocycles. The second-order valence-corrected chi connectivity index (χ2v) is 6.17. The molecular formula is C18H25F2N3O3. The van der Waals surface area contributed by atoms with Crippen molar-refractivity contribution in [3.8, 4) is 5.75 Å². The first kappa shape index (κ1) is 19.9. The van der Waals surface area contributed by atoms with Crippen molar-refractivity contribution >= 4 is 11.9 Å². The number of benzene rings is 1. The molecule has 6 nitrogen and oxygen atoms in total. The van der Waals surface area contributed by atoms with Gasteiger partial charge in [-0.15, -0.1) is 0 Å². The maximum absolute atomic E-state index is 13.2. The zero-order chi connectivity index (χ0) is 19.1. The molecule has 2 atom stereocenters. The molecule has 1 fully saturated rings. The van der Waals surface area contributed by atoms with Gasteiger partial charge in [-0.3, -0.25) is 4.79 Å². The van der Waals surface area contributed by atoms with Crippen LogP contribution in [-0.2, 0) is 9.53 Å². The highest BCUT2D eigenvalue weighted by Crippen LogP contribution is 2.24. The Morgan fingerprint density at radius 2 is 2.12 bits per heavy atom. The number of halogens is 2. The van der Waals surface area contributed by atoms with Crippen LogP contribution in [0.5, 0.6) is 5.75 Å². The molecule has 0 radical (unpaired) electrons. The van der Waals surface area contributed by atoms with E-state index in [0.29, 0.717) is 32.1 Å². The van der Waals surface area contributed by atoms with Gasteiger partial charge in [-0.2, -0.15) is 0 Å². The van der Waals surface area contributed by atoms with Gasteiger partial charge in [0.05, 0.1) is 19.6 Å². The number of nitrogens with zero attached hydrogens (tertiary/aromatic N) is 2. The summed E-state index contributed by atoms with van der Waals surface area (Å²) in [4.78, 5) is 18.3. The molecule has 0 amide bonds. The van der Waals surface area contributed by atoms with Gasteiger partial charge in [0.15, 0.2) is 17.6 Å². The molecular weight excluding hydrogens is 344 g/mol. The fourth-order valence-corrected chi connectivity index (χ4v) is 2.91. The molecule has 2 rings (SSSR count). The molecule has 0 bridgehead atoms. The van der Waals surface area contributed by atoms with E-state index in [1.165, 1.54) is 13.2 Å². The highest BCUT2D eigenvalue weighted by molar-refractivity contribution is 5.82. The highest BCUT2D eigenvalue weighted by Gasteiger charge is 2.36. The zero-order valence-electron chi connectivity index (χ0n) is 15.3. The third-order valence-corrected chi connectivity index (χ3v) is 4.26. The van der Waals surface area contributed by atoms with Crippen LogP contribution >= 0.6 is 0 Å². The second-order valence-electron chi connectivity index (χ2n) is 6.17. The van der Waals surface area contributed by atoms with E-state index >= 15 is 0 Å². The molecule has 0 spiro atoms. The van der Waals surface area contributed by atoms with Crippen molar-refractivity contribution in [3.05, 3.63) is 29.8 Å². The first-order valence-electron chi connectivity index (χ1n) is 8.65. The van der Waals surface area contributed by atoms with Gasteiger partial charge in [0.1, 0.15) is 12.4 Å². The van der Waals surface area contributed by atoms with Gasteiger partial charge in [0, 0.05) is 25.7 Å². The lowest BCUT2D eigenvalue weighted by atomic mass is 9.99. The molecule has 1 N–H and O–H groups in total. The van der Waals surface area contributed by atoms with E-state index in [1.807, 2.05) is 18.7 Å². The summed E-state index contributed by atoms with van der Waals surface area (Å²) in [5.74, 6) is -1.12. The van der Waals surface area contributed by atoms with E-state index in [2.05, 4.69) is 10.3 Å². The molecule has 1 aliphatic heterocycles. The summed E-state index contributed by atoms with van der Waals surface area (Å²) in [7, 11) is 1.40. The average Bonchev–Trinajstić information content (AvgIpc) is 3.01. The van der Waals surface area contributed by atoms with Crippen LogP contribution < -0.4 is 10.1 Å². The van der Waals surface area contributed by atoms with E-state index < -0.39 is 11.6 Å². The topological polar surface area (TPSA) is 63.2 Å². The number of aliphatic imine (C=N–C) groups is 1. The van der Waals surface area contributed by atoms with Crippen LogP contribution in [0.25, 0.3) is 0 Å². The van der Waals surface area contributed by atoms with E-state index in [4.69, 9.17) is 9.47 Å². The lowest BCUT2D eigenvalue weighted by molar-refractivity contribution is -0.145. The minimum absolute atomic E-state index is 0.171. The molecule has 1 heterocycles.